The van der Waals surface area contributed by atoms with Crippen LogP contribution in [0.25, 0.3) is 5.70 Å². The number of benzene rings is 2. The molecule has 1 saturated heterocycles. The molecular formula is C24H20ClN3O3S. The van der Waals surface area contributed by atoms with Gasteiger partial charge in [0.1, 0.15) is 6.61 Å². The van der Waals surface area contributed by atoms with Gasteiger partial charge in [0.2, 0.25) is 0 Å². The van der Waals surface area contributed by atoms with E-state index in [9.17, 15) is 9.59 Å². The van der Waals surface area contributed by atoms with Crippen LogP contribution in [0, 0.1) is 0 Å². The standard InChI is InChI=1S/C24H20ClN3O3S/c1-15(20-9-10-21(25)32-20)26-19-4-2-3-16-13-28(24(30)23(16)19)18-7-5-17(6-8-18)27-11-12-31-14-22(27)29/h2-10,26H,1,11-14H2. The number of carbonyl (C=O) groups excluding carboxylic acids is 2. The fourth-order valence-corrected chi connectivity index (χ4v) is 4.95. The molecule has 0 spiro atoms. The Morgan fingerprint density at radius 3 is 2.47 bits per heavy atom. The summed E-state index contributed by atoms with van der Waals surface area (Å²) in [5.41, 5.74) is 4.60. The van der Waals surface area contributed by atoms with Gasteiger partial charge in [0, 0.05) is 23.6 Å². The van der Waals surface area contributed by atoms with Crippen molar-refractivity contribution in [3.8, 4) is 0 Å². The normalized spacial score (nSPS) is 15.8. The van der Waals surface area contributed by atoms with E-state index in [4.69, 9.17) is 16.3 Å². The zero-order chi connectivity index (χ0) is 22.2. The first-order chi connectivity index (χ1) is 15.5. The molecular weight excluding hydrogens is 446 g/mol. The van der Waals surface area contributed by atoms with Gasteiger partial charge < -0.3 is 19.9 Å². The summed E-state index contributed by atoms with van der Waals surface area (Å²) in [6.45, 7) is 5.73. The van der Waals surface area contributed by atoms with Crippen molar-refractivity contribution in [3.63, 3.8) is 0 Å². The molecule has 3 aromatic rings. The van der Waals surface area contributed by atoms with Crippen LogP contribution in [0.5, 0.6) is 0 Å². The number of anilines is 3. The molecule has 5 rings (SSSR count). The van der Waals surface area contributed by atoms with Crippen molar-refractivity contribution in [3.05, 3.63) is 81.5 Å². The number of nitrogens with zero attached hydrogens (tertiary/aromatic N) is 2. The molecule has 0 saturated carbocycles. The molecule has 1 fully saturated rings. The Kier molecular flexibility index (Phi) is 5.46. The number of carbonyl (C=O) groups is 2. The summed E-state index contributed by atoms with van der Waals surface area (Å²) in [6, 6.07) is 17.0. The Balaban J connectivity index is 1.37. The van der Waals surface area contributed by atoms with Crippen LogP contribution < -0.4 is 15.1 Å². The van der Waals surface area contributed by atoms with Gasteiger partial charge in [0.05, 0.1) is 33.6 Å². The van der Waals surface area contributed by atoms with Crippen LogP contribution >= 0.6 is 22.9 Å². The quantitative estimate of drug-likeness (QED) is 0.575. The number of amides is 2. The summed E-state index contributed by atoms with van der Waals surface area (Å²) in [5.74, 6) is -0.132. The van der Waals surface area contributed by atoms with Crippen LogP contribution in [0.4, 0.5) is 17.1 Å². The molecule has 2 amide bonds. The molecule has 1 N–H and O–H groups in total. The van der Waals surface area contributed by atoms with Gasteiger partial charge in [-0.15, -0.1) is 11.3 Å². The Morgan fingerprint density at radius 1 is 1.03 bits per heavy atom. The second-order valence-corrected chi connectivity index (χ2v) is 9.27. The lowest BCUT2D eigenvalue weighted by molar-refractivity contribution is -0.125. The number of rotatable bonds is 5. The summed E-state index contributed by atoms with van der Waals surface area (Å²) in [7, 11) is 0. The average molecular weight is 466 g/mol. The number of fused-ring (bicyclic) bond motifs is 1. The number of hydrogen-bond acceptors (Lipinski definition) is 5. The van der Waals surface area contributed by atoms with Crippen LogP contribution in [0.3, 0.4) is 0 Å². The first kappa shape index (κ1) is 20.8. The molecule has 0 aliphatic carbocycles. The maximum Gasteiger partial charge on any atom is 0.261 e. The van der Waals surface area contributed by atoms with Gasteiger partial charge in [-0.3, -0.25) is 9.59 Å². The fourth-order valence-electron chi connectivity index (χ4n) is 3.98. The van der Waals surface area contributed by atoms with E-state index in [2.05, 4.69) is 11.9 Å². The van der Waals surface area contributed by atoms with Crippen LogP contribution in [-0.4, -0.2) is 31.6 Å². The first-order valence-electron chi connectivity index (χ1n) is 10.1. The Hall–Kier alpha value is -3.13. The van der Waals surface area contributed by atoms with E-state index < -0.39 is 0 Å². The van der Waals surface area contributed by atoms with Crippen molar-refractivity contribution in [1.82, 2.24) is 0 Å². The third-order valence-electron chi connectivity index (χ3n) is 5.55. The lowest BCUT2D eigenvalue weighted by atomic mass is 10.1. The summed E-state index contributed by atoms with van der Waals surface area (Å²) < 4.78 is 5.88. The molecule has 0 atom stereocenters. The van der Waals surface area contributed by atoms with E-state index in [0.717, 1.165) is 27.5 Å². The van der Waals surface area contributed by atoms with Crippen LogP contribution in [0.2, 0.25) is 4.34 Å². The van der Waals surface area contributed by atoms with E-state index in [0.29, 0.717) is 35.3 Å². The van der Waals surface area contributed by atoms with E-state index in [-0.39, 0.29) is 18.4 Å². The molecule has 8 heteroatoms. The monoisotopic (exact) mass is 465 g/mol. The van der Waals surface area contributed by atoms with Gasteiger partial charge >= 0.3 is 0 Å². The van der Waals surface area contributed by atoms with Gasteiger partial charge in [0.15, 0.2) is 0 Å². The minimum absolute atomic E-state index is 0.0587. The smallest absolute Gasteiger partial charge is 0.261 e. The lowest BCUT2D eigenvalue weighted by Gasteiger charge is -2.27. The summed E-state index contributed by atoms with van der Waals surface area (Å²) in [4.78, 5) is 29.8. The summed E-state index contributed by atoms with van der Waals surface area (Å²) >= 11 is 7.47. The maximum atomic E-state index is 13.3. The second-order valence-electron chi connectivity index (χ2n) is 7.55. The van der Waals surface area contributed by atoms with E-state index >= 15 is 0 Å². The highest BCUT2D eigenvalue weighted by molar-refractivity contribution is 7.17. The number of ether oxygens (including phenoxy) is 1. The van der Waals surface area contributed by atoms with Gasteiger partial charge in [-0.05, 0) is 48.0 Å². The van der Waals surface area contributed by atoms with Crippen molar-refractivity contribution in [2.75, 3.05) is 34.9 Å². The summed E-state index contributed by atoms with van der Waals surface area (Å²) in [5, 5.41) is 3.29. The average Bonchev–Trinajstić information content (AvgIpc) is 3.38. The molecule has 162 valence electrons. The highest BCUT2D eigenvalue weighted by atomic mass is 35.5. The van der Waals surface area contributed by atoms with Crippen molar-refractivity contribution < 1.29 is 14.3 Å². The maximum absolute atomic E-state index is 13.3. The zero-order valence-corrected chi connectivity index (χ0v) is 18.7. The SMILES string of the molecule is C=C(Nc1cccc2c1C(=O)N(c1ccc(N3CCOCC3=O)cc1)C2)c1ccc(Cl)s1. The molecule has 3 heterocycles. The van der Waals surface area contributed by atoms with Crippen molar-refractivity contribution in [2.45, 2.75) is 6.54 Å². The number of nitrogens with one attached hydrogen (secondary N) is 1. The fraction of sp³-hybridized carbons (Fsp3) is 0.167. The predicted molar refractivity (Wildman–Crippen MR) is 129 cm³/mol. The molecule has 2 aromatic carbocycles. The van der Waals surface area contributed by atoms with Crippen LogP contribution in [0.15, 0.2) is 61.2 Å². The number of morpholine rings is 1. The van der Waals surface area contributed by atoms with Gasteiger partial charge in [-0.2, -0.15) is 0 Å². The van der Waals surface area contributed by atoms with Gasteiger partial charge in [-0.25, -0.2) is 0 Å². The number of halogens is 1. The topological polar surface area (TPSA) is 61.9 Å². The van der Waals surface area contributed by atoms with Gasteiger partial charge in [0.25, 0.3) is 11.8 Å². The minimum Gasteiger partial charge on any atom is -0.370 e. The highest BCUT2D eigenvalue weighted by Gasteiger charge is 2.31. The molecule has 0 unspecified atom stereocenters. The molecule has 1 aromatic heterocycles. The Morgan fingerprint density at radius 2 is 1.78 bits per heavy atom. The van der Waals surface area contributed by atoms with Gasteiger partial charge in [-0.1, -0.05) is 30.3 Å². The first-order valence-corrected chi connectivity index (χ1v) is 11.3. The number of hydrogen-bond donors (Lipinski definition) is 1. The summed E-state index contributed by atoms with van der Waals surface area (Å²) in [6.07, 6.45) is 0. The third kappa shape index (κ3) is 3.79. The molecule has 0 radical (unpaired) electrons. The van der Waals surface area contributed by atoms with Crippen molar-refractivity contribution >= 4 is 57.5 Å². The Labute approximate surface area is 194 Å². The lowest BCUT2D eigenvalue weighted by Crippen LogP contribution is -2.41. The van der Waals surface area contributed by atoms with Crippen molar-refractivity contribution in [2.24, 2.45) is 0 Å². The third-order valence-corrected chi connectivity index (χ3v) is 6.84. The largest absolute Gasteiger partial charge is 0.370 e. The van der Waals surface area contributed by atoms with E-state index in [1.807, 2.05) is 54.6 Å². The zero-order valence-electron chi connectivity index (χ0n) is 17.1. The van der Waals surface area contributed by atoms with Crippen LogP contribution in [-0.2, 0) is 16.1 Å². The van der Waals surface area contributed by atoms with E-state index in [1.165, 1.54) is 11.3 Å². The van der Waals surface area contributed by atoms with Crippen LogP contribution in [0.1, 0.15) is 20.8 Å². The van der Waals surface area contributed by atoms with Crippen molar-refractivity contribution in [1.29, 1.82) is 0 Å². The minimum atomic E-state index is -0.0738. The molecule has 2 aliphatic rings. The molecule has 2 aliphatic heterocycles. The second kappa shape index (κ2) is 8.43. The molecule has 0 bridgehead atoms. The Bertz CT molecular complexity index is 1220. The molecule has 32 heavy (non-hydrogen) atoms. The predicted octanol–water partition coefficient (Wildman–Crippen LogP) is 5.01. The van der Waals surface area contributed by atoms with E-state index in [1.54, 1.807) is 9.80 Å². The number of thiophene rings is 1. The highest BCUT2D eigenvalue weighted by Crippen LogP contribution is 2.35. The molecule has 6 nitrogen and oxygen atoms in total.